The molecule has 3 rings (SSSR count). The van der Waals surface area contributed by atoms with Gasteiger partial charge in [-0.15, -0.1) is 5.10 Å². The van der Waals surface area contributed by atoms with Gasteiger partial charge in [0.2, 0.25) is 0 Å². The normalized spacial score (nSPS) is 11.9. The number of benzene rings is 1. The minimum Gasteiger partial charge on any atom is -0.472 e. The first kappa shape index (κ1) is 20.1. The van der Waals surface area contributed by atoms with Crippen molar-refractivity contribution in [3.8, 4) is 5.88 Å². The van der Waals surface area contributed by atoms with Gasteiger partial charge in [-0.05, 0) is 29.8 Å². The second kappa shape index (κ2) is 9.05. The first-order valence-corrected chi connectivity index (χ1v) is 9.18. The molecule has 9 heteroatoms. The van der Waals surface area contributed by atoms with E-state index in [1.807, 2.05) is 18.2 Å². The number of hydrogen-bond acceptors (Lipinski definition) is 6. The summed E-state index contributed by atoms with van der Waals surface area (Å²) in [6, 6.07) is 10.8. The van der Waals surface area contributed by atoms with Gasteiger partial charge in [-0.25, -0.2) is 5.10 Å². The van der Waals surface area contributed by atoms with Gasteiger partial charge in [0.1, 0.15) is 17.3 Å². The third-order valence-electron chi connectivity index (χ3n) is 4.03. The largest absolute Gasteiger partial charge is 0.472 e. The van der Waals surface area contributed by atoms with E-state index in [2.05, 4.69) is 15.2 Å². The number of anilines is 2. The maximum atomic E-state index is 11.9. The fourth-order valence-corrected chi connectivity index (χ4v) is 2.98. The molecule has 1 unspecified atom stereocenters. The van der Waals surface area contributed by atoms with Gasteiger partial charge in [-0.1, -0.05) is 35.3 Å². The summed E-state index contributed by atoms with van der Waals surface area (Å²) in [5.41, 5.74) is 1.36. The molecular weight excluding hydrogens is 403 g/mol. The molecule has 0 aliphatic carbocycles. The number of rotatable bonds is 7. The summed E-state index contributed by atoms with van der Waals surface area (Å²) in [7, 11) is 1.72. The van der Waals surface area contributed by atoms with Crippen LogP contribution in [0.5, 0.6) is 5.88 Å². The van der Waals surface area contributed by atoms with Crippen molar-refractivity contribution in [3.63, 3.8) is 0 Å². The molecule has 1 aromatic carbocycles. The molecule has 146 valence electrons. The van der Waals surface area contributed by atoms with E-state index in [9.17, 15) is 9.90 Å². The van der Waals surface area contributed by atoms with E-state index in [-0.39, 0.29) is 23.2 Å². The summed E-state index contributed by atoms with van der Waals surface area (Å²) in [6.45, 7) is -0.0358. The molecule has 28 heavy (non-hydrogen) atoms. The number of aromatic amines is 1. The zero-order valence-corrected chi connectivity index (χ0v) is 16.5. The van der Waals surface area contributed by atoms with Crippen molar-refractivity contribution in [1.82, 2.24) is 15.2 Å². The van der Waals surface area contributed by atoms with Crippen LogP contribution in [0.3, 0.4) is 0 Å². The SMILES string of the molecule is CN(c1cccnc1)c1c(OCC(O)Cc2ccc(Cl)cc2)n[nH]c(=O)c1Cl. The summed E-state index contributed by atoms with van der Waals surface area (Å²) < 4.78 is 5.67. The van der Waals surface area contributed by atoms with Crippen LogP contribution in [0.4, 0.5) is 11.4 Å². The van der Waals surface area contributed by atoms with Crippen molar-refractivity contribution in [1.29, 1.82) is 0 Å². The Morgan fingerprint density at radius 2 is 2.00 bits per heavy atom. The highest BCUT2D eigenvalue weighted by Gasteiger charge is 2.20. The zero-order valence-electron chi connectivity index (χ0n) is 15.0. The van der Waals surface area contributed by atoms with E-state index in [1.165, 1.54) is 0 Å². The highest BCUT2D eigenvalue weighted by molar-refractivity contribution is 6.33. The van der Waals surface area contributed by atoms with Crippen molar-refractivity contribution < 1.29 is 9.84 Å². The van der Waals surface area contributed by atoms with Crippen molar-refractivity contribution in [2.24, 2.45) is 0 Å². The third-order valence-corrected chi connectivity index (χ3v) is 4.64. The van der Waals surface area contributed by atoms with Gasteiger partial charge >= 0.3 is 0 Å². The molecule has 0 saturated carbocycles. The lowest BCUT2D eigenvalue weighted by Crippen LogP contribution is -2.24. The van der Waals surface area contributed by atoms with E-state index in [4.69, 9.17) is 27.9 Å². The van der Waals surface area contributed by atoms with E-state index in [0.29, 0.717) is 17.1 Å². The fourth-order valence-electron chi connectivity index (χ4n) is 2.60. The molecule has 2 aromatic heterocycles. The fraction of sp³-hybridized carbons (Fsp3) is 0.211. The van der Waals surface area contributed by atoms with Crippen LogP contribution in [-0.4, -0.2) is 40.0 Å². The van der Waals surface area contributed by atoms with Gasteiger partial charge in [0.15, 0.2) is 0 Å². The summed E-state index contributed by atoms with van der Waals surface area (Å²) in [4.78, 5) is 17.6. The zero-order chi connectivity index (χ0) is 20.1. The Morgan fingerprint density at radius 1 is 1.25 bits per heavy atom. The average Bonchev–Trinajstić information content (AvgIpc) is 2.71. The molecule has 0 spiro atoms. The minimum absolute atomic E-state index is 0.0358. The number of nitrogens with zero attached hydrogens (tertiary/aromatic N) is 3. The van der Waals surface area contributed by atoms with Gasteiger partial charge in [-0.3, -0.25) is 9.78 Å². The van der Waals surface area contributed by atoms with Crippen molar-refractivity contribution in [3.05, 3.63) is 74.8 Å². The second-order valence-corrected chi connectivity index (χ2v) is 6.90. The van der Waals surface area contributed by atoms with Crippen LogP contribution < -0.4 is 15.2 Å². The summed E-state index contributed by atoms with van der Waals surface area (Å²) in [5, 5.41) is 17.1. The Kier molecular flexibility index (Phi) is 6.51. The topological polar surface area (TPSA) is 91.3 Å². The van der Waals surface area contributed by atoms with E-state index in [0.717, 1.165) is 5.56 Å². The molecule has 2 N–H and O–H groups in total. The summed E-state index contributed by atoms with van der Waals surface area (Å²) in [5.74, 6) is 0.103. The van der Waals surface area contributed by atoms with E-state index in [1.54, 1.807) is 42.5 Å². The number of H-pyrrole nitrogens is 1. The first-order valence-electron chi connectivity index (χ1n) is 8.43. The quantitative estimate of drug-likeness (QED) is 0.609. The highest BCUT2D eigenvalue weighted by atomic mass is 35.5. The summed E-state index contributed by atoms with van der Waals surface area (Å²) in [6.07, 6.45) is 2.85. The molecule has 7 nitrogen and oxygen atoms in total. The first-order chi connectivity index (χ1) is 13.5. The number of halogens is 2. The lowest BCUT2D eigenvalue weighted by molar-refractivity contribution is 0.105. The molecule has 0 aliphatic heterocycles. The number of ether oxygens (including phenoxy) is 1. The smallest absolute Gasteiger partial charge is 0.285 e. The van der Waals surface area contributed by atoms with Gasteiger partial charge in [0.05, 0.1) is 18.0 Å². The molecule has 2 heterocycles. The Hall–Kier alpha value is -2.61. The maximum Gasteiger partial charge on any atom is 0.285 e. The molecule has 0 fully saturated rings. The van der Waals surface area contributed by atoms with Crippen LogP contribution in [-0.2, 0) is 6.42 Å². The van der Waals surface area contributed by atoms with Gasteiger partial charge in [-0.2, -0.15) is 0 Å². The van der Waals surface area contributed by atoms with Crippen LogP contribution in [0, 0.1) is 0 Å². The van der Waals surface area contributed by atoms with E-state index < -0.39 is 11.7 Å². The molecule has 0 saturated heterocycles. The predicted molar refractivity (Wildman–Crippen MR) is 109 cm³/mol. The minimum atomic E-state index is -0.787. The monoisotopic (exact) mass is 420 g/mol. The van der Waals surface area contributed by atoms with Crippen LogP contribution >= 0.6 is 23.2 Å². The third kappa shape index (κ3) is 4.81. The highest BCUT2D eigenvalue weighted by Crippen LogP contribution is 2.34. The molecule has 3 aromatic rings. The molecule has 1 atom stereocenters. The van der Waals surface area contributed by atoms with Crippen LogP contribution in [0.15, 0.2) is 53.6 Å². The maximum absolute atomic E-state index is 11.9. The van der Waals surface area contributed by atoms with Crippen LogP contribution in [0.1, 0.15) is 5.56 Å². The Morgan fingerprint density at radius 3 is 2.68 bits per heavy atom. The number of aromatic nitrogens is 3. The van der Waals surface area contributed by atoms with Gasteiger partial charge in [0.25, 0.3) is 11.4 Å². The predicted octanol–water partition coefficient (Wildman–Crippen LogP) is 3.22. The molecule has 0 bridgehead atoms. The molecular formula is C19H18Cl2N4O3. The van der Waals surface area contributed by atoms with Gasteiger partial charge < -0.3 is 14.7 Å². The Labute approximate surface area is 171 Å². The molecule has 0 aliphatic rings. The standard InChI is InChI=1S/C19H18Cl2N4O3/c1-25(14-3-2-8-22-10-14)17-16(21)18(27)23-24-19(17)28-11-15(26)9-12-4-6-13(20)7-5-12/h2-8,10,15,26H,9,11H2,1H3,(H,23,27). The van der Waals surface area contributed by atoms with Crippen LogP contribution in [0.25, 0.3) is 0 Å². The lowest BCUT2D eigenvalue weighted by Gasteiger charge is -2.22. The lowest BCUT2D eigenvalue weighted by atomic mass is 10.1. The molecule has 0 radical (unpaired) electrons. The second-order valence-electron chi connectivity index (χ2n) is 6.09. The number of nitrogens with one attached hydrogen (secondary N) is 1. The van der Waals surface area contributed by atoms with Crippen molar-refractivity contribution in [2.75, 3.05) is 18.6 Å². The van der Waals surface area contributed by atoms with Gasteiger partial charge in [0, 0.05) is 24.7 Å². The Bertz CT molecular complexity index is 981. The number of pyridine rings is 1. The van der Waals surface area contributed by atoms with Crippen molar-refractivity contribution in [2.45, 2.75) is 12.5 Å². The number of aliphatic hydroxyl groups excluding tert-OH is 1. The van der Waals surface area contributed by atoms with E-state index >= 15 is 0 Å². The summed E-state index contributed by atoms with van der Waals surface area (Å²) >= 11 is 12.1. The number of aliphatic hydroxyl groups is 1. The number of hydrogen-bond donors (Lipinski definition) is 2. The Balaban J connectivity index is 1.77. The van der Waals surface area contributed by atoms with Crippen LogP contribution in [0.2, 0.25) is 10.0 Å². The van der Waals surface area contributed by atoms with Crippen molar-refractivity contribution >= 4 is 34.6 Å². The average molecular weight is 421 g/mol. The molecule has 0 amide bonds.